The zero-order valence-corrected chi connectivity index (χ0v) is 13.3. The average Bonchev–Trinajstić information content (AvgIpc) is 2.64. The summed E-state index contributed by atoms with van der Waals surface area (Å²) in [5.41, 5.74) is 1.47. The van der Waals surface area contributed by atoms with Crippen LogP contribution in [0.3, 0.4) is 0 Å². The molecule has 0 spiro atoms. The highest BCUT2D eigenvalue weighted by Gasteiger charge is 2.20. The number of rotatable bonds is 4. The van der Waals surface area contributed by atoms with E-state index in [1.54, 1.807) is 31.4 Å². The van der Waals surface area contributed by atoms with E-state index >= 15 is 0 Å². The molecule has 0 fully saturated rings. The first-order valence-corrected chi connectivity index (χ1v) is 7.54. The van der Waals surface area contributed by atoms with Gasteiger partial charge in [-0.15, -0.1) is 0 Å². The Morgan fingerprint density at radius 3 is 1.83 bits per heavy atom. The molecule has 1 amide bonds. The Labute approximate surface area is 140 Å². The van der Waals surface area contributed by atoms with E-state index in [4.69, 9.17) is 9.47 Å². The summed E-state index contributed by atoms with van der Waals surface area (Å²) in [5.74, 6) is 1.06. The molecule has 24 heavy (non-hydrogen) atoms. The maximum atomic E-state index is 12.8. The zero-order valence-electron chi connectivity index (χ0n) is 13.3. The van der Waals surface area contributed by atoms with E-state index in [-0.39, 0.29) is 0 Å². The number of hydrogen-bond donors (Lipinski definition) is 0. The number of nitrogens with zero attached hydrogens (tertiary/aromatic N) is 1. The van der Waals surface area contributed by atoms with Crippen molar-refractivity contribution in [2.45, 2.75) is 0 Å². The quantitative estimate of drug-likeness (QED) is 0.677. The summed E-state index contributed by atoms with van der Waals surface area (Å²) in [6.07, 6.45) is -0.486. The van der Waals surface area contributed by atoms with Gasteiger partial charge >= 0.3 is 6.09 Å². The second-order valence-corrected chi connectivity index (χ2v) is 5.05. The van der Waals surface area contributed by atoms with Crippen molar-refractivity contribution in [3.8, 4) is 11.5 Å². The van der Waals surface area contributed by atoms with Gasteiger partial charge in [-0.25, -0.2) is 9.69 Å². The van der Waals surface area contributed by atoms with E-state index in [0.29, 0.717) is 11.5 Å². The van der Waals surface area contributed by atoms with Gasteiger partial charge < -0.3 is 9.47 Å². The van der Waals surface area contributed by atoms with E-state index < -0.39 is 6.09 Å². The number of amides is 1. The van der Waals surface area contributed by atoms with Crippen LogP contribution in [0.1, 0.15) is 0 Å². The van der Waals surface area contributed by atoms with E-state index in [1.807, 2.05) is 60.7 Å². The fraction of sp³-hybridized carbons (Fsp3) is 0.0500. The van der Waals surface area contributed by atoms with Gasteiger partial charge in [-0.2, -0.15) is 0 Å². The zero-order chi connectivity index (χ0) is 16.8. The molecule has 0 saturated carbocycles. The largest absolute Gasteiger partial charge is 0.497 e. The van der Waals surface area contributed by atoms with Gasteiger partial charge in [0, 0.05) is 6.07 Å². The lowest BCUT2D eigenvalue weighted by atomic mass is 10.2. The highest BCUT2D eigenvalue weighted by molar-refractivity contribution is 5.97. The van der Waals surface area contributed by atoms with E-state index in [9.17, 15) is 4.79 Å². The lowest BCUT2D eigenvalue weighted by Gasteiger charge is -2.22. The van der Waals surface area contributed by atoms with Crippen molar-refractivity contribution >= 4 is 17.5 Å². The Kier molecular flexibility index (Phi) is 4.77. The van der Waals surface area contributed by atoms with Crippen molar-refractivity contribution in [1.29, 1.82) is 0 Å². The molecule has 0 bridgehead atoms. The molecule has 0 unspecified atom stereocenters. The normalized spacial score (nSPS) is 10.0. The first kappa shape index (κ1) is 15.6. The van der Waals surface area contributed by atoms with Crippen LogP contribution in [0.2, 0.25) is 0 Å². The van der Waals surface area contributed by atoms with Gasteiger partial charge in [0.05, 0.1) is 18.5 Å². The number of benzene rings is 3. The molecule has 0 heterocycles. The van der Waals surface area contributed by atoms with Crippen LogP contribution in [-0.4, -0.2) is 13.2 Å². The number of anilines is 2. The summed E-state index contributed by atoms with van der Waals surface area (Å²) in [5, 5.41) is 0. The maximum absolute atomic E-state index is 12.8. The second kappa shape index (κ2) is 7.33. The minimum absolute atomic E-state index is 0.427. The van der Waals surface area contributed by atoms with Crippen LogP contribution in [0.15, 0.2) is 84.9 Å². The third-order valence-corrected chi connectivity index (χ3v) is 3.46. The highest BCUT2D eigenvalue weighted by Crippen LogP contribution is 2.27. The monoisotopic (exact) mass is 319 g/mol. The van der Waals surface area contributed by atoms with Crippen LogP contribution < -0.4 is 14.4 Å². The summed E-state index contributed by atoms with van der Waals surface area (Å²) in [4.78, 5) is 14.3. The predicted octanol–water partition coefficient (Wildman–Crippen LogP) is 5.03. The Hall–Kier alpha value is -3.27. The summed E-state index contributed by atoms with van der Waals surface area (Å²) in [6.45, 7) is 0. The fourth-order valence-electron chi connectivity index (χ4n) is 2.33. The third kappa shape index (κ3) is 3.55. The van der Waals surface area contributed by atoms with Crippen LogP contribution in [0.4, 0.5) is 16.2 Å². The first-order valence-electron chi connectivity index (χ1n) is 7.54. The molecule has 0 saturated heterocycles. The minimum atomic E-state index is -0.486. The van der Waals surface area contributed by atoms with Crippen LogP contribution in [0.5, 0.6) is 11.5 Å². The highest BCUT2D eigenvalue weighted by atomic mass is 16.6. The van der Waals surface area contributed by atoms with Gasteiger partial charge in [-0.05, 0) is 36.4 Å². The molecule has 0 aliphatic rings. The SMILES string of the molecule is COc1cccc(OC(=O)N(c2ccccc2)c2ccccc2)c1. The topological polar surface area (TPSA) is 38.8 Å². The number of hydrogen-bond acceptors (Lipinski definition) is 3. The van der Waals surface area contributed by atoms with E-state index in [2.05, 4.69) is 0 Å². The molecule has 0 radical (unpaired) electrons. The Balaban J connectivity index is 1.92. The molecule has 3 aromatic carbocycles. The van der Waals surface area contributed by atoms with Gasteiger partial charge in [0.2, 0.25) is 0 Å². The molecule has 0 aliphatic carbocycles. The molecular formula is C20H17NO3. The number of carbonyl (C=O) groups excluding carboxylic acids is 1. The molecule has 0 aromatic heterocycles. The van der Waals surface area contributed by atoms with Crippen molar-refractivity contribution in [1.82, 2.24) is 0 Å². The average molecular weight is 319 g/mol. The second-order valence-electron chi connectivity index (χ2n) is 5.05. The Morgan fingerprint density at radius 1 is 0.750 bits per heavy atom. The van der Waals surface area contributed by atoms with Gasteiger partial charge in [0.1, 0.15) is 11.5 Å². The fourth-order valence-corrected chi connectivity index (χ4v) is 2.33. The summed E-state index contributed by atoms with van der Waals surface area (Å²) < 4.78 is 10.7. The van der Waals surface area contributed by atoms with Crippen LogP contribution in [0, 0.1) is 0 Å². The molecule has 3 rings (SSSR count). The number of carbonyl (C=O) groups is 1. The lowest BCUT2D eigenvalue weighted by Crippen LogP contribution is -2.29. The van der Waals surface area contributed by atoms with Crippen LogP contribution in [-0.2, 0) is 0 Å². The molecule has 3 aromatic rings. The maximum Gasteiger partial charge on any atom is 0.424 e. The van der Waals surface area contributed by atoms with Crippen molar-refractivity contribution in [3.05, 3.63) is 84.9 Å². The molecule has 0 atom stereocenters. The lowest BCUT2D eigenvalue weighted by molar-refractivity contribution is 0.210. The smallest absolute Gasteiger partial charge is 0.424 e. The summed E-state index contributed by atoms with van der Waals surface area (Å²) in [7, 11) is 1.57. The molecule has 120 valence electrons. The van der Waals surface area contributed by atoms with Crippen molar-refractivity contribution in [2.24, 2.45) is 0 Å². The molecular weight excluding hydrogens is 302 g/mol. The first-order chi connectivity index (χ1) is 11.8. The van der Waals surface area contributed by atoms with Gasteiger partial charge in [0.25, 0.3) is 0 Å². The molecule has 4 heteroatoms. The van der Waals surface area contributed by atoms with Gasteiger partial charge in [0.15, 0.2) is 0 Å². The third-order valence-electron chi connectivity index (χ3n) is 3.46. The summed E-state index contributed by atoms with van der Waals surface area (Å²) in [6, 6.07) is 25.7. The standard InChI is InChI=1S/C20H17NO3/c1-23-18-13-8-14-19(15-18)24-20(22)21(16-9-4-2-5-10-16)17-11-6-3-7-12-17/h2-15H,1H3. The summed E-state index contributed by atoms with van der Waals surface area (Å²) >= 11 is 0. The number of para-hydroxylation sites is 2. The number of methoxy groups -OCH3 is 1. The molecule has 0 aliphatic heterocycles. The van der Waals surface area contributed by atoms with Gasteiger partial charge in [-0.1, -0.05) is 42.5 Å². The number of ether oxygens (including phenoxy) is 2. The van der Waals surface area contributed by atoms with E-state index in [1.165, 1.54) is 4.90 Å². The molecule has 0 N–H and O–H groups in total. The Bertz CT molecular complexity index is 764. The van der Waals surface area contributed by atoms with Crippen molar-refractivity contribution in [2.75, 3.05) is 12.0 Å². The minimum Gasteiger partial charge on any atom is -0.497 e. The van der Waals surface area contributed by atoms with Crippen molar-refractivity contribution in [3.63, 3.8) is 0 Å². The van der Waals surface area contributed by atoms with Gasteiger partial charge in [-0.3, -0.25) is 0 Å². The van der Waals surface area contributed by atoms with Crippen LogP contribution in [0.25, 0.3) is 0 Å². The Morgan fingerprint density at radius 2 is 1.29 bits per heavy atom. The van der Waals surface area contributed by atoms with Crippen LogP contribution >= 0.6 is 0 Å². The van der Waals surface area contributed by atoms with Crippen molar-refractivity contribution < 1.29 is 14.3 Å². The predicted molar refractivity (Wildman–Crippen MR) is 94.0 cm³/mol. The van der Waals surface area contributed by atoms with E-state index in [0.717, 1.165) is 11.4 Å². The molecule has 4 nitrogen and oxygen atoms in total.